The van der Waals surface area contributed by atoms with E-state index in [1.54, 1.807) is 11.8 Å². The van der Waals surface area contributed by atoms with Crippen LogP contribution in [-0.4, -0.2) is 24.9 Å². The van der Waals surface area contributed by atoms with Crippen molar-refractivity contribution < 1.29 is 32.2 Å². The highest BCUT2D eigenvalue weighted by Crippen LogP contribution is 2.11. The molecule has 0 aliphatic heterocycles. The van der Waals surface area contributed by atoms with Crippen molar-refractivity contribution in [2.75, 3.05) is 12.9 Å². The zero-order valence-electron chi connectivity index (χ0n) is 9.19. The first-order valence-electron chi connectivity index (χ1n) is 4.76. The fraction of sp³-hybridized carbons (Fsp3) is 0.364. The summed E-state index contributed by atoms with van der Waals surface area (Å²) in [5, 5.41) is 0. The van der Waals surface area contributed by atoms with Gasteiger partial charge in [0.25, 0.3) is 0 Å². The summed E-state index contributed by atoms with van der Waals surface area (Å²) < 4.78 is 4.60. The highest BCUT2D eigenvalue weighted by Gasteiger charge is 2.16. The fourth-order valence-electron chi connectivity index (χ4n) is 1.13. The molecule has 90 valence electrons. The van der Waals surface area contributed by atoms with E-state index in [4.69, 9.17) is 0 Å². The third-order valence-corrected chi connectivity index (χ3v) is 3.14. The van der Waals surface area contributed by atoms with Crippen LogP contribution in [0, 0.1) is 0 Å². The van der Waals surface area contributed by atoms with Crippen LogP contribution in [0.2, 0.25) is 0 Å². The van der Waals surface area contributed by atoms with E-state index in [0.29, 0.717) is 5.75 Å². The second-order valence-corrected chi connectivity index (χ2v) is 4.25. The summed E-state index contributed by atoms with van der Waals surface area (Å²) in [6.07, 6.45) is 0. The molecule has 1 aromatic carbocycles. The van der Waals surface area contributed by atoms with Gasteiger partial charge in [-0.3, -0.25) is 0 Å². The minimum Gasteiger partial charge on any atom is -1.00 e. The van der Waals surface area contributed by atoms with Crippen LogP contribution in [0.5, 0.6) is 0 Å². The van der Waals surface area contributed by atoms with Gasteiger partial charge in [-0.1, -0.05) is 30.3 Å². The van der Waals surface area contributed by atoms with Crippen LogP contribution in [0.25, 0.3) is 0 Å². The molecule has 1 aromatic rings. The molecule has 0 aliphatic rings. The largest absolute Gasteiger partial charge is 1.00 e. The fourth-order valence-corrected chi connectivity index (χ4v) is 2.09. The Balaban J connectivity index is 0.00000225. The molecule has 1 unspecified atom stereocenters. The quantitative estimate of drug-likeness (QED) is 0.623. The Kier molecular flexibility index (Phi) is 8.33. The van der Waals surface area contributed by atoms with Crippen molar-refractivity contribution >= 4 is 17.7 Å². The lowest BCUT2D eigenvalue weighted by molar-refractivity contribution is -0.400. The van der Waals surface area contributed by atoms with Crippen molar-refractivity contribution in [1.82, 2.24) is 0 Å². The molecule has 16 heavy (non-hydrogen) atoms. The number of quaternary nitrogens is 1. The van der Waals surface area contributed by atoms with Gasteiger partial charge in [0, 0.05) is 5.75 Å². The molecule has 1 atom stereocenters. The van der Waals surface area contributed by atoms with Crippen molar-refractivity contribution in [2.45, 2.75) is 11.8 Å². The van der Waals surface area contributed by atoms with Gasteiger partial charge < -0.3 is 27.5 Å². The summed E-state index contributed by atoms with van der Waals surface area (Å²) in [6, 6.07) is 9.89. The van der Waals surface area contributed by atoms with Gasteiger partial charge in [0.1, 0.15) is 0 Å². The van der Waals surface area contributed by atoms with Gasteiger partial charge in [-0.2, -0.15) is 11.8 Å². The van der Waals surface area contributed by atoms with Crippen LogP contribution in [0.4, 0.5) is 0 Å². The predicted molar refractivity (Wildman–Crippen MR) is 61.3 cm³/mol. The standard InChI is InChI=1S/C11H15NO2S.BrH/c1-14-11(13)10(12)8-15-7-9-5-3-2-4-6-9;/h2-6,10H,7-8,12H2,1H3;1H. The van der Waals surface area contributed by atoms with Crippen molar-refractivity contribution in [3.63, 3.8) is 0 Å². The molecule has 0 fully saturated rings. The molecule has 3 nitrogen and oxygen atoms in total. The lowest BCUT2D eigenvalue weighted by atomic mass is 10.2. The molecule has 0 aromatic heterocycles. The molecular formula is C11H16BrNO2S. The first-order valence-corrected chi connectivity index (χ1v) is 5.92. The molecule has 0 aliphatic carbocycles. The predicted octanol–water partition coefficient (Wildman–Crippen LogP) is -2.29. The number of esters is 1. The maximum Gasteiger partial charge on any atom is 0.365 e. The minimum atomic E-state index is -0.274. The molecule has 0 amide bonds. The number of ether oxygens (including phenoxy) is 1. The van der Waals surface area contributed by atoms with Gasteiger partial charge in [-0.05, 0) is 5.56 Å². The van der Waals surface area contributed by atoms with E-state index in [1.807, 2.05) is 18.2 Å². The smallest absolute Gasteiger partial charge is 0.365 e. The molecule has 0 radical (unpaired) electrons. The zero-order chi connectivity index (χ0) is 11.1. The molecular weight excluding hydrogens is 290 g/mol. The van der Waals surface area contributed by atoms with Gasteiger partial charge >= 0.3 is 5.97 Å². The van der Waals surface area contributed by atoms with Crippen LogP contribution in [0.3, 0.4) is 0 Å². The van der Waals surface area contributed by atoms with E-state index in [0.717, 1.165) is 5.75 Å². The van der Waals surface area contributed by atoms with E-state index < -0.39 is 0 Å². The minimum absolute atomic E-state index is 0. The van der Waals surface area contributed by atoms with E-state index in [-0.39, 0.29) is 29.0 Å². The number of halogens is 1. The Morgan fingerprint density at radius 3 is 2.62 bits per heavy atom. The molecule has 0 saturated carbocycles. The Labute approximate surface area is 111 Å². The van der Waals surface area contributed by atoms with Gasteiger partial charge in [0.05, 0.1) is 12.9 Å². The first kappa shape index (κ1) is 15.5. The normalized spacial score (nSPS) is 11.4. The molecule has 3 N–H and O–H groups in total. The van der Waals surface area contributed by atoms with Gasteiger partial charge in [-0.25, -0.2) is 4.79 Å². The Bertz CT molecular complexity index is 308. The van der Waals surface area contributed by atoms with Crippen molar-refractivity contribution in [2.24, 2.45) is 0 Å². The average molecular weight is 306 g/mol. The molecule has 0 spiro atoms. The molecule has 0 heterocycles. The SMILES string of the molecule is COC(=O)C([NH3+])CSCc1ccccc1.[Br-]. The van der Waals surface area contributed by atoms with Crippen molar-refractivity contribution in [1.29, 1.82) is 0 Å². The lowest BCUT2D eigenvalue weighted by Crippen LogP contribution is -3.00. The summed E-state index contributed by atoms with van der Waals surface area (Å²) in [7, 11) is 1.39. The second kappa shape index (κ2) is 8.61. The van der Waals surface area contributed by atoms with Crippen LogP contribution < -0.4 is 22.7 Å². The summed E-state index contributed by atoms with van der Waals surface area (Å²) in [4.78, 5) is 11.1. The van der Waals surface area contributed by atoms with Crippen LogP contribution >= 0.6 is 11.8 Å². The first-order chi connectivity index (χ1) is 7.24. The summed E-state index contributed by atoms with van der Waals surface area (Å²) >= 11 is 1.69. The van der Waals surface area contributed by atoms with Crippen molar-refractivity contribution in [3.8, 4) is 0 Å². The highest BCUT2D eigenvalue weighted by atomic mass is 79.9. The van der Waals surface area contributed by atoms with Crippen molar-refractivity contribution in [3.05, 3.63) is 35.9 Å². The number of carbonyl (C=O) groups excluding carboxylic acids is 1. The maximum atomic E-state index is 11.1. The van der Waals surface area contributed by atoms with Gasteiger partial charge in [0.2, 0.25) is 0 Å². The van der Waals surface area contributed by atoms with Gasteiger partial charge in [-0.15, -0.1) is 0 Å². The third kappa shape index (κ3) is 5.53. The number of methoxy groups -OCH3 is 1. The number of hydrogen-bond acceptors (Lipinski definition) is 3. The van der Waals surface area contributed by atoms with Crippen LogP contribution in [-0.2, 0) is 15.3 Å². The molecule has 0 bridgehead atoms. The monoisotopic (exact) mass is 305 g/mol. The number of benzene rings is 1. The highest BCUT2D eigenvalue weighted by molar-refractivity contribution is 7.98. The average Bonchev–Trinajstić information content (AvgIpc) is 2.29. The summed E-state index contributed by atoms with van der Waals surface area (Å²) in [6.45, 7) is 0. The summed E-state index contributed by atoms with van der Waals surface area (Å²) in [5.74, 6) is 1.36. The Morgan fingerprint density at radius 2 is 2.06 bits per heavy atom. The van der Waals surface area contributed by atoms with Gasteiger partial charge in [0.15, 0.2) is 6.04 Å². The van der Waals surface area contributed by atoms with Crippen LogP contribution in [0.1, 0.15) is 5.56 Å². The van der Waals surface area contributed by atoms with E-state index >= 15 is 0 Å². The Hall–Kier alpha value is -0.520. The zero-order valence-corrected chi connectivity index (χ0v) is 11.6. The third-order valence-electron chi connectivity index (χ3n) is 1.97. The van der Waals surface area contributed by atoms with E-state index in [1.165, 1.54) is 12.7 Å². The Morgan fingerprint density at radius 1 is 1.44 bits per heavy atom. The molecule has 1 rings (SSSR count). The number of hydrogen-bond donors (Lipinski definition) is 1. The lowest BCUT2D eigenvalue weighted by Gasteiger charge is -2.05. The summed E-state index contributed by atoms with van der Waals surface area (Å²) in [5.41, 5.74) is 5.01. The van der Waals surface area contributed by atoms with E-state index in [2.05, 4.69) is 22.6 Å². The number of thioether (sulfide) groups is 1. The topological polar surface area (TPSA) is 53.9 Å². The number of rotatable bonds is 5. The van der Waals surface area contributed by atoms with E-state index in [9.17, 15) is 4.79 Å². The molecule has 0 saturated heterocycles. The second-order valence-electron chi connectivity index (χ2n) is 3.22. The molecule has 5 heteroatoms. The number of carbonyl (C=O) groups is 1. The van der Waals surface area contributed by atoms with Crippen LogP contribution in [0.15, 0.2) is 30.3 Å². The maximum absolute atomic E-state index is 11.1.